The highest BCUT2D eigenvalue weighted by Gasteiger charge is 2.34. The Bertz CT molecular complexity index is 597. The lowest BCUT2D eigenvalue weighted by molar-refractivity contribution is -0.0475. The number of hydrogen-bond donors (Lipinski definition) is 3. The molecule has 0 bridgehead atoms. The van der Waals surface area contributed by atoms with E-state index in [-0.39, 0.29) is 11.5 Å². The van der Waals surface area contributed by atoms with Gasteiger partial charge >= 0.3 is 5.69 Å². The molecule has 1 aromatic rings. The Labute approximate surface area is 104 Å². The summed E-state index contributed by atoms with van der Waals surface area (Å²) in [4.78, 5) is 24.1. The van der Waals surface area contributed by atoms with Crippen molar-refractivity contribution in [2.75, 3.05) is 0 Å². The molecular formula is C9H9FN2O5S. The van der Waals surface area contributed by atoms with Crippen LogP contribution in [0.15, 0.2) is 15.8 Å². The van der Waals surface area contributed by atoms with E-state index in [9.17, 15) is 24.2 Å². The Balaban J connectivity index is 2.39. The monoisotopic (exact) mass is 276 g/mol. The Kier molecular flexibility index (Phi) is 3.28. The SMILES string of the molecule is O=c1[nH]c(=O)n([C@H]2C[C@H](O)[C@@H](O)C(=S)O2)cc1F. The summed E-state index contributed by atoms with van der Waals surface area (Å²) >= 11 is 4.67. The molecule has 2 heterocycles. The van der Waals surface area contributed by atoms with Crippen LogP contribution in [0.4, 0.5) is 4.39 Å². The zero-order valence-corrected chi connectivity index (χ0v) is 9.69. The summed E-state index contributed by atoms with van der Waals surface area (Å²) in [6.45, 7) is 0. The summed E-state index contributed by atoms with van der Waals surface area (Å²) in [5.41, 5.74) is -2.03. The van der Waals surface area contributed by atoms with Gasteiger partial charge in [-0.2, -0.15) is 4.39 Å². The summed E-state index contributed by atoms with van der Waals surface area (Å²) < 4.78 is 18.9. The molecule has 0 spiro atoms. The summed E-state index contributed by atoms with van der Waals surface area (Å²) in [6.07, 6.45) is -3.13. The predicted molar refractivity (Wildman–Crippen MR) is 60.6 cm³/mol. The third-order valence-corrected chi connectivity index (χ3v) is 2.87. The topological polar surface area (TPSA) is 105 Å². The highest BCUT2D eigenvalue weighted by molar-refractivity contribution is 7.80. The van der Waals surface area contributed by atoms with Crippen molar-refractivity contribution in [3.05, 3.63) is 32.9 Å². The van der Waals surface area contributed by atoms with Gasteiger partial charge in [0, 0.05) is 6.42 Å². The van der Waals surface area contributed by atoms with Crippen LogP contribution in [0.5, 0.6) is 0 Å². The number of thiocarbonyl (C=S) groups is 1. The lowest BCUT2D eigenvalue weighted by Gasteiger charge is -2.32. The molecule has 2 rings (SSSR count). The normalized spacial score (nSPS) is 27.9. The van der Waals surface area contributed by atoms with Gasteiger partial charge in [-0.3, -0.25) is 14.3 Å². The number of halogens is 1. The maximum Gasteiger partial charge on any atom is 0.331 e. The molecule has 98 valence electrons. The van der Waals surface area contributed by atoms with E-state index in [1.807, 2.05) is 0 Å². The number of nitrogens with one attached hydrogen (secondary N) is 1. The maximum absolute atomic E-state index is 13.1. The molecule has 9 heteroatoms. The second-order valence-electron chi connectivity index (χ2n) is 3.78. The van der Waals surface area contributed by atoms with E-state index in [1.165, 1.54) is 0 Å². The largest absolute Gasteiger partial charge is 0.460 e. The van der Waals surface area contributed by atoms with Crippen molar-refractivity contribution >= 4 is 17.3 Å². The summed E-state index contributed by atoms with van der Waals surface area (Å²) in [5.74, 6) is -1.16. The third-order valence-electron chi connectivity index (χ3n) is 2.54. The van der Waals surface area contributed by atoms with E-state index in [0.29, 0.717) is 6.20 Å². The molecule has 0 amide bonds. The fourth-order valence-corrected chi connectivity index (χ4v) is 1.86. The molecule has 7 nitrogen and oxygen atoms in total. The molecule has 1 saturated heterocycles. The zero-order valence-electron chi connectivity index (χ0n) is 8.87. The van der Waals surface area contributed by atoms with Crippen molar-refractivity contribution in [3.63, 3.8) is 0 Å². The molecule has 1 aromatic heterocycles. The number of aromatic nitrogens is 2. The predicted octanol–water partition coefficient (Wildman–Crippen LogP) is -1.36. The molecule has 1 aliphatic rings. The number of rotatable bonds is 1. The smallest absolute Gasteiger partial charge is 0.331 e. The van der Waals surface area contributed by atoms with Crippen LogP contribution in [0.2, 0.25) is 0 Å². The zero-order chi connectivity index (χ0) is 13.4. The van der Waals surface area contributed by atoms with Gasteiger partial charge in [0.25, 0.3) is 5.56 Å². The third kappa shape index (κ3) is 2.19. The van der Waals surface area contributed by atoms with Crippen molar-refractivity contribution in [1.29, 1.82) is 0 Å². The van der Waals surface area contributed by atoms with Crippen LogP contribution in [0.25, 0.3) is 0 Å². The number of ether oxygens (including phenoxy) is 1. The van der Waals surface area contributed by atoms with E-state index >= 15 is 0 Å². The van der Waals surface area contributed by atoms with Crippen LogP contribution in [-0.4, -0.2) is 37.0 Å². The highest BCUT2D eigenvalue weighted by Crippen LogP contribution is 2.23. The molecule has 1 aliphatic heterocycles. The number of aliphatic hydroxyl groups excluding tert-OH is 2. The maximum atomic E-state index is 13.1. The number of H-pyrrole nitrogens is 1. The van der Waals surface area contributed by atoms with E-state index in [0.717, 1.165) is 4.57 Å². The first-order chi connectivity index (χ1) is 8.40. The molecule has 0 aliphatic carbocycles. The van der Waals surface area contributed by atoms with Gasteiger partial charge in [0.2, 0.25) is 5.82 Å². The van der Waals surface area contributed by atoms with Crippen molar-refractivity contribution in [3.8, 4) is 0 Å². The number of hydrogen-bond acceptors (Lipinski definition) is 6. The summed E-state index contributed by atoms with van der Waals surface area (Å²) in [6, 6.07) is 0. The fraction of sp³-hybridized carbons (Fsp3) is 0.444. The van der Waals surface area contributed by atoms with E-state index in [4.69, 9.17) is 4.74 Å². The van der Waals surface area contributed by atoms with Crippen molar-refractivity contribution in [2.45, 2.75) is 24.9 Å². The van der Waals surface area contributed by atoms with E-state index in [2.05, 4.69) is 12.2 Å². The van der Waals surface area contributed by atoms with Gasteiger partial charge in [-0.1, -0.05) is 0 Å². The Hall–Kier alpha value is -1.58. The lowest BCUT2D eigenvalue weighted by Crippen LogP contribution is -2.45. The first-order valence-corrected chi connectivity index (χ1v) is 5.38. The highest BCUT2D eigenvalue weighted by atomic mass is 32.1. The average molecular weight is 276 g/mol. The van der Waals surface area contributed by atoms with Gasteiger partial charge in [0.15, 0.2) is 11.3 Å². The van der Waals surface area contributed by atoms with Gasteiger partial charge in [0.1, 0.15) is 6.10 Å². The van der Waals surface area contributed by atoms with Gasteiger partial charge < -0.3 is 14.9 Å². The number of aliphatic hydroxyl groups is 2. The molecule has 0 saturated carbocycles. The first kappa shape index (κ1) is 12.9. The minimum absolute atomic E-state index is 0.160. The number of nitrogens with zero attached hydrogens (tertiary/aromatic N) is 1. The Morgan fingerprint density at radius 1 is 1.50 bits per heavy atom. The Morgan fingerprint density at radius 3 is 2.78 bits per heavy atom. The second-order valence-corrected chi connectivity index (χ2v) is 4.19. The van der Waals surface area contributed by atoms with Gasteiger partial charge in [0.05, 0.1) is 12.3 Å². The van der Waals surface area contributed by atoms with Crippen LogP contribution in [0, 0.1) is 5.82 Å². The number of aromatic amines is 1. The van der Waals surface area contributed by atoms with Crippen molar-refractivity contribution in [1.82, 2.24) is 9.55 Å². The standard InChI is InChI=1S/C9H9FN2O5S/c10-3-2-12(9(16)11-7(3)15)5-1-4(13)6(14)8(18)17-5/h2,4-6,13-14H,1H2,(H,11,15,16)/t4-,5+,6+/m0/s1. The van der Waals surface area contributed by atoms with Crippen LogP contribution >= 0.6 is 12.2 Å². The van der Waals surface area contributed by atoms with Crippen LogP contribution < -0.4 is 11.2 Å². The molecule has 3 atom stereocenters. The van der Waals surface area contributed by atoms with Crippen molar-refractivity contribution < 1.29 is 19.3 Å². The lowest BCUT2D eigenvalue weighted by atomic mass is 10.1. The quantitative estimate of drug-likeness (QED) is 0.547. The molecule has 0 unspecified atom stereocenters. The van der Waals surface area contributed by atoms with Crippen molar-refractivity contribution in [2.24, 2.45) is 0 Å². The van der Waals surface area contributed by atoms with Crippen LogP contribution in [0.1, 0.15) is 12.6 Å². The van der Waals surface area contributed by atoms with Crippen LogP contribution in [0.3, 0.4) is 0 Å². The summed E-state index contributed by atoms with van der Waals surface area (Å²) in [7, 11) is 0. The molecule has 3 N–H and O–H groups in total. The van der Waals surface area contributed by atoms with Gasteiger partial charge in [-0.15, -0.1) is 0 Å². The molecule has 0 radical (unpaired) electrons. The van der Waals surface area contributed by atoms with Gasteiger partial charge in [-0.25, -0.2) is 4.79 Å². The average Bonchev–Trinajstić information content (AvgIpc) is 2.30. The first-order valence-electron chi connectivity index (χ1n) is 4.97. The van der Waals surface area contributed by atoms with E-state index in [1.54, 1.807) is 4.98 Å². The molecule has 1 fully saturated rings. The van der Waals surface area contributed by atoms with Gasteiger partial charge in [-0.05, 0) is 12.2 Å². The molecule has 0 aromatic carbocycles. The second kappa shape index (κ2) is 4.59. The fourth-order valence-electron chi connectivity index (χ4n) is 1.59. The molecular weight excluding hydrogens is 267 g/mol. The minimum Gasteiger partial charge on any atom is -0.460 e. The van der Waals surface area contributed by atoms with E-state index < -0.39 is 35.5 Å². The Morgan fingerprint density at radius 2 is 2.17 bits per heavy atom. The van der Waals surface area contributed by atoms with Crippen LogP contribution in [-0.2, 0) is 4.74 Å². The molecule has 18 heavy (non-hydrogen) atoms. The minimum atomic E-state index is -1.33. The summed E-state index contributed by atoms with van der Waals surface area (Å²) in [5, 5.41) is 18.5.